The van der Waals surface area contributed by atoms with Gasteiger partial charge in [-0.15, -0.1) is 11.8 Å². The largest absolute Gasteiger partial charge is 0.324 e. The molecule has 0 saturated heterocycles. The van der Waals surface area contributed by atoms with Crippen molar-refractivity contribution in [1.29, 1.82) is 0 Å². The third kappa shape index (κ3) is 4.45. The van der Waals surface area contributed by atoms with E-state index < -0.39 is 11.6 Å². The van der Waals surface area contributed by atoms with Gasteiger partial charge in [-0.05, 0) is 36.8 Å². The number of halogens is 3. The van der Waals surface area contributed by atoms with E-state index >= 15 is 0 Å². The molecule has 0 aliphatic rings. The number of hydrogen-bond acceptors (Lipinski definition) is 2. The van der Waals surface area contributed by atoms with Crippen LogP contribution in [-0.4, -0.2) is 11.2 Å². The van der Waals surface area contributed by atoms with Gasteiger partial charge in [0.1, 0.15) is 0 Å². The Morgan fingerprint density at radius 3 is 2.64 bits per heavy atom. The minimum absolute atomic E-state index is 0.194. The Hall–Kier alpha value is -1.59. The van der Waals surface area contributed by atoms with Crippen molar-refractivity contribution in [3.05, 3.63) is 64.7 Å². The van der Waals surface area contributed by atoms with Crippen LogP contribution in [0.1, 0.15) is 12.5 Å². The number of anilines is 1. The topological polar surface area (TPSA) is 29.1 Å². The average Bonchev–Trinajstić information content (AvgIpc) is 2.50. The number of para-hydroxylation sites is 1. The Labute approximate surface area is 136 Å². The van der Waals surface area contributed by atoms with Crippen LogP contribution in [0.4, 0.5) is 14.5 Å². The quantitative estimate of drug-likeness (QED) is 0.839. The van der Waals surface area contributed by atoms with E-state index in [1.165, 1.54) is 17.8 Å². The number of thioether (sulfide) groups is 1. The molecule has 2 nitrogen and oxygen atoms in total. The highest BCUT2D eigenvalue weighted by Crippen LogP contribution is 2.24. The molecule has 2 aromatic carbocycles. The molecule has 6 heteroatoms. The van der Waals surface area contributed by atoms with Gasteiger partial charge in [0.05, 0.1) is 16.0 Å². The molecule has 1 amide bonds. The van der Waals surface area contributed by atoms with Crippen LogP contribution in [-0.2, 0) is 10.5 Å². The van der Waals surface area contributed by atoms with E-state index in [-0.39, 0.29) is 11.2 Å². The number of amides is 1. The molecular weight excluding hydrogens is 328 g/mol. The molecule has 2 aromatic rings. The van der Waals surface area contributed by atoms with E-state index in [9.17, 15) is 13.6 Å². The number of rotatable bonds is 5. The van der Waals surface area contributed by atoms with Crippen LogP contribution in [0.15, 0.2) is 42.5 Å². The zero-order valence-corrected chi connectivity index (χ0v) is 13.3. The van der Waals surface area contributed by atoms with E-state index in [2.05, 4.69) is 5.32 Å². The monoisotopic (exact) mass is 341 g/mol. The molecule has 0 aromatic heterocycles. The number of carbonyl (C=O) groups is 1. The Morgan fingerprint density at radius 1 is 1.23 bits per heavy atom. The summed E-state index contributed by atoms with van der Waals surface area (Å²) in [7, 11) is 0. The fourth-order valence-corrected chi connectivity index (χ4v) is 2.74. The molecule has 0 bridgehead atoms. The van der Waals surface area contributed by atoms with Crippen molar-refractivity contribution in [2.45, 2.75) is 17.9 Å². The summed E-state index contributed by atoms with van der Waals surface area (Å²) in [4.78, 5) is 12.1. The van der Waals surface area contributed by atoms with Crippen LogP contribution < -0.4 is 5.32 Å². The first kappa shape index (κ1) is 16.8. The number of nitrogens with one attached hydrogen (secondary N) is 1. The van der Waals surface area contributed by atoms with Gasteiger partial charge in [-0.1, -0.05) is 29.8 Å². The van der Waals surface area contributed by atoms with Crippen LogP contribution in [0.25, 0.3) is 0 Å². The van der Waals surface area contributed by atoms with Crippen molar-refractivity contribution in [3.8, 4) is 0 Å². The van der Waals surface area contributed by atoms with E-state index in [1.54, 1.807) is 31.2 Å². The molecule has 2 rings (SSSR count). The van der Waals surface area contributed by atoms with Gasteiger partial charge in [-0.3, -0.25) is 4.79 Å². The summed E-state index contributed by atoms with van der Waals surface area (Å²) in [5.74, 6) is -1.54. The van der Waals surface area contributed by atoms with E-state index in [0.29, 0.717) is 22.0 Å². The van der Waals surface area contributed by atoms with Crippen LogP contribution in [0.3, 0.4) is 0 Å². The van der Waals surface area contributed by atoms with Gasteiger partial charge >= 0.3 is 0 Å². The van der Waals surface area contributed by atoms with E-state index in [0.717, 1.165) is 12.1 Å². The fraction of sp³-hybridized carbons (Fsp3) is 0.188. The third-order valence-electron chi connectivity index (χ3n) is 2.98. The van der Waals surface area contributed by atoms with Gasteiger partial charge in [0.25, 0.3) is 0 Å². The first-order chi connectivity index (χ1) is 10.5. The summed E-state index contributed by atoms with van der Waals surface area (Å²) < 4.78 is 26.0. The second-order valence-electron chi connectivity index (χ2n) is 4.67. The number of benzene rings is 2. The standard InChI is InChI=1S/C16H14ClF2NOS/c1-10(16(21)20-15-5-3-2-4-12(15)17)22-9-11-6-7-13(18)14(19)8-11/h2-8,10H,9H2,1H3,(H,20,21). The molecule has 22 heavy (non-hydrogen) atoms. The second-order valence-corrected chi connectivity index (χ2v) is 6.41. The molecule has 1 unspecified atom stereocenters. The molecule has 0 radical (unpaired) electrons. The predicted molar refractivity (Wildman–Crippen MR) is 87.2 cm³/mol. The van der Waals surface area contributed by atoms with Crippen molar-refractivity contribution >= 4 is 35.0 Å². The van der Waals surface area contributed by atoms with Crippen LogP contribution in [0, 0.1) is 11.6 Å². The smallest absolute Gasteiger partial charge is 0.237 e. The fourth-order valence-electron chi connectivity index (χ4n) is 1.72. The molecular formula is C16H14ClF2NOS. The minimum Gasteiger partial charge on any atom is -0.324 e. The zero-order valence-electron chi connectivity index (χ0n) is 11.8. The summed E-state index contributed by atoms with van der Waals surface area (Å²) in [6, 6.07) is 10.7. The third-order valence-corrected chi connectivity index (χ3v) is 4.53. The van der Waals surface area contributed by atoms with Gasteiger partial charge < -0.3 is 5.32 Å². The number of hydrogen-bond donors (Lipinski definition) is 1. The molecule has 1 N–H and O–H groups in total. The Balaban J connectivity index is 1.91. The summed E-state index contributed by atoms with van der Waals surface area (Å²) in [6.45, 7) is 1.75. The summed E-state index contributed by atoms with van der Waals surface area (Å²) >= 11 is 7.31. The highest BCUT2D eigenvalue weighted by molar-refractivity contribution is 7.99. The van der Waals surface area contributed by atoms with Gasteiger partial charge in [0, 0.05) is 5.75 Å². The van der Waals surface area contributed by atoms with Gasteiger partial charge in [-0.25, -0.2) is 8.78 Å². The number of carbonyl (C=O) groups excluding carboxylic acids is 1. The van der Waals surface area contributed by atoms with Crippen molar-refractivity contribution < 1.29 is 13.6 Å². The minimum atomic E-state index is -0.883. The maximum atomic E-state index is 13.1. The van der Waals surface area contributed by atoms with E-state index in [4.69, 9.17) is 11.6 Å². The molecule has 0 saturated carbocycles. The Bertz CT molecular complexity index is 681. The highest BCUT2D eigenvalue weighted by Gasteiger charge is 2.15. The van der Waals surface area contributed by atoms with Gasteiger partial charge in [0.15, 0.2) is 11.6 Å². The SMILES string of the molecule is CC(SCc1ccc(F)c(F)c1)C(=O)Nc1ccccc1Cl. The molecule has 0 aliphatic heterocycles. The van der Waals surface area contributed by atoms with Crippen molar-refractivity contribution in [1.82, 2.24) is 0 Å². The maximum Gasteiger partial charge on any atom is 0.237 e. The lowest BCUT2D eigenvalue weighted by molar-refractivity contribution is -0.115. The molecule has 0 aliphatic carbocycles. The normalized spacial score (nSPS) is 12.0. The van der Waals surface area contributed by atoms with Crippen molar-refractivity contribution in [2.75, 3.05) is 5.32 Å². The Kier molecular flexibility index (Phi) is 5.80. The zero-order chi connectivity index (χ0) is 16.1. The predicted octanol–water partition coefficient (Wildman–Crippen LogP) is 4.88. The van der Waals surface area contributed by atoms with Gasteiger partial charge in [-0.2, -0.15) is 0 Å². The molecule has 0 fully saturated rings. The summed E-state index contributed by atoms with van der Waals surface area (Å²) in [5.41, 5.74) is 1.18. The molecule has 0 spiro atoms. The van der Waals surface area contributed by atoms with Crippen LogP contribution in [0.2, 0.25) is 5.02 Å². The maximum absolute atomic E-state index is 13.1. The lowest BCUT2D eigenvalue weighted by Crippen LogP contribution is -2.22. The van der Waals surface area contributed by atoms with Crippen molar-refractivity contribution in [3.63, 3.8) is 0 Å². The van der Waals surface area contributed by atoms with Gasteiger partial charge in [0.2, 0.25) is 5.91 Å². The van der Waals surface area contributed by atoms with E-state index in [1.807, 2.05) is 0 Å². The second kappa shape index (κ2) is 7.61. The first-order valence-electron chi connectivity index (χ1n) is 6.58. The van der Waals surface area contributed by atoms with Crippen molar-refractivity contribution in [2.24, 2.45) is 0 Å². The molecule has 1 atom stereocenters. The summed E-state index contributed by atoms with van der Waals surface area (Å²) in [5, 5.41) is 2.85. The lowest BCUT2D eigenvalue weighted by Gasteiger charge is -2.13. The Morgan fingerprint density at radius 2 is 1.95 bits per heavy atom. The first-order valence-corrected chi connectivity index (χ1v) is 8.01. The highest BCUT2D eigenvalue weighted by atomic mass is 35.5. The lowest BCUT2D eigenvalue weighted by atomic mass is 10.2. The van der Waals surface area contributed by atoms with Crippen LogP contribution in [0.5, 0.6) is 0 Å². The molecule has 0 heterocycles. The average molecular weight is 342 g/mol. The van der Waals surface area contributed by atoms with Crippen LogP contribution >= 0.6 is 23.4 Å². The molecule has 116 valence electrons. The summed E-state index contributed by atoms with van der Waals surface area (Å²) in [6.07, 6.45) is 0.